The van der Waals surface area contributed by atoms with E-state index in [4.69, 9.17) is 20.9 Å². The zero-order chi connectivity index (χ0) is 32.8. The van der Waals surface area contributed by atoms with Crippen molar-refractivity contribution in [1.29, 1.82) is 0 Å². The second kappa shape index (κ2) is 13.7. The van der Waals surface area contributed by atoms with Crippen molar-refractivity contribution in [3.05, 3.63) is 107 Å². The minimum atomic E-state index is -5.74. The summed E-state index contributed by atoms with van der Waals surface area (Å²) in [5, 5.41) is 0. The number of halogens is 6. The van der Waals surface area contributed by atoms with Crippen molar-refractivity contribution >= 4 is 11.4 Å². The number of rotatable bonds is 12. The van der Waals surface area contributed by atoms with Gasteiger partial charge in [0, 0.05) is 11.4 Å². The molecule has 0 aliphatic rings. The van der Waals surface area contributed by atoms with Crippen LogP contribution in [0.15, 0.2) is 84.9 Å². The molecule has 4 aromatic rings. The maximum Gasteiger partial charge on any atom is 0.411 e. The predicted octanol–water partition coefficient (Wildman–Crippen LogP) is 10.5. The van der Waals surface area contributed by atoms with Crippen molar-refractivity contribution < 1.29 is 35.8 Å². The van der Waals surface area contributed by atoms with Gasteiger partial charge in [0.15, 0.2) is 0 Å². The third kappa shape index (κ3) is 7.32. The van der Waals surface area contributed by atoms with Crippen LogP contribution in [0.25, 0.3) is 0 Å². The van der Waals surface area contributed by atoms with E-state index in [1.807, 2.05) is 13.8 Å². The van der Waals surface area contributed by atoms with Crippen molar-refractivity contribution in [2.75, 3.05) is 11.5 Å². The number of nitrogen functional groups attached to an aromatic ring is 2. The highest BCUT2D eigenvalue weighted by molar-refractivity contribution is 5.53. The van der Waals surface area contributed by atoms with Gasteiger partial charge in [-0.1, -0.05) is 51.0 Å². The molecule has 0 aliphatic carbocycles. The van der Waals surface area contributed by atoms with Crippen LogP contribution in [0.1, 0.15) is 61.8 Å². The van der Waals surface area contributed by atoms with Gasteiger partial charge in [-0.05, 0) is 109 Å². The number of aryl methyl sites for hydroxylation is 2. The molecule has 0 atom stereocenters. The van der Waals surface area contributed by atoms with Crippen LogP contribution >= 0.6 is 0 Å². The zero-order valence-corrected chi connectivity index (χ0v) is 25.1. The summed E-state index contributed by atoms with van der Waals surface area (Å²) in [6, 6.07) is 18.7. The zero-order valence-electron chi connectivity index (χ0n) is 25.1. The van der Waals surface area contributed by atoms with E-state index in [0.29, 0.717) is 48.6 Å². The first-order valence-electron chi connectivity index (χ1n) is 14.8. The molecule has 240 valence electrons. The van der Waals surface area contributed by atoms with Crippen LogP contribution in [0.2, 0.25) is 0 Å². The molecule has 10 heteroatoms. The summed E-state index contributed by atoms with van der Waals surface area (Å²) >= 11 is 0. The van der Waals surface area contributed by atoms with E-state index in [9.17, 15) is 0 Å². The highest BCUT2D eigenvalue weighted by Gasteiger charge is 2.72. The molecule has 45 heavy (non-hydrogen) atoms. The number of alkyl halides is 6. The van der Waals surface area contributed by atoms with Crippen molar-refractivity contribution in [1.82, 2.24) is 0 Å². The molecule has 4 rings (SSSR count). The maximum atomic E-state index is 15.2. The summed E-state index contributed by atoms with van der Waals surface area (Å²) in [6.07, 6.45) is -8.64. The molecule has 0 radical (unpaired) electrons. The van der Waals surface area contributed by atoms with Crippen LogP contribution in [-0.4, -0.2) is 12.4 Å². The lowest BCUT2D eigenvalue weighted by molar-refractivity contribution is -0.288. The molecule has 0 unspecified atom stereocenters. The first-order valence-corrected chi connectivity index (χ1v) is 14.8. The number of hydrogen-bond acceptors (Lipinski definition) is 4. The number of unbranched alkanes of at least 4 members (excludes halogenated alkanes) is 2. The van der Waals surface area contributed by atoms with Crippen molar-refractivity contribution in [2.45, 2.75) is 70.1 Å². The van der Waals surface area contributed by atoms with Gasteiger partial charge in [-0.2, -0.15) is 26.3 Å². The molecule has 0 spiro atoms. The number of nitrogens with two attached hydrogens (primary N) is 2. The van der Waals surface area contributed by atoms with Crippen molar-refractivity contribution in [3.8, 4) is 23.0 Å². The van der Waals surface area contributed by atoms with E-state index < -0.39 is 28.9 Å². The van der Waals surface area contributed by atoms with E-state index >= 15 is 26.3 Å². The molecule has 0 heterocycles. The Morgan fingerprint density at radius 1 is 0.533 bits per heavy atom. The highest BCUT2D eigenvalue weighted by atomic mass is 19.4. The van der Waals surface area contributed by atoms with Gasteiger partial charge in [0.25, 0.3) is 0 Å². The minimum absolute atomic E-state index is 0.172. The van der Waals surface area contributed by atoms with Crippen LogP contribution in [0.5, 0.6) is 23.0 Å². The van der Waals surface area contributed by atoms with Crippen molar-refractivity contribution in [2.24, 2.45) is 0 Å². The molecule has 0 bridgehead atoms. The SMILES string of the molecule is CCCCc1cc(C(c2ccc(Oc3ccc(N)cc3)c(CCCC)c2)(C(F)(F)F)C(F)(F)F)ccc1Oc1ccc(N)cc1. The fourth-order valence-electron chi connectivity index (χ4n) is 5.26. The van der Waals surface area contributed by atoms with Gasteiger partial charge in [-0.15, -0.1) is 0 Å². The third-order valence-electron chi connectivity index (χ3n) is 7.65. The minimum Gasteiger partial charge on any atom is -0.457 e. The van der Waals surface area contributed by atoms with Gasteiger partial charge in [-0.3, -0.25) is 0 Å². The smallest absolute Gasteiger partial charge is 0.411 e. The van der Waals surface area contributed by atoms with Crippen LogP contribution < -0.4 is 20.9 Å². The van der Waals surface area contributed by atoms with Gasteiger partial charge in [0.2, 0.25) is 5.41 Å². The van der Waals surface area contributed by atoms with Gasteiger partial charge in [0.1, 0.15) is 23.0 Å². The lowest BCUT2D eigenvalue weighted by Gasteiger charge is -2.39. The fourth-order valence-corrected chi connectivity index (χ4v) is 5.26. The van der Waals surface area contributed by atoms with Crippen LogP contribution in [0.4, 0.5) is 37.7 Å². The molecule has 4 N–H and O–H groups in total. The summed E-state index contributed by atoms with van der Waals surface area (Å²) in [4.78, 5) is 0. The van der Waals surface area contributed by atoms with Crippen LogP contribution in [0.3, 0.4) is 0 Å². The molecule has 0 saturated heterocycles. The molecule has 0 fully saturated rings. The Morgan fingerprint density at radius 2 is 0.889 bits per heavy atom. The molecule has 0 amide bonds. The van der Waals surface area contributed by atoms with Crippen LogP contribution in [0, 0.1) is 0 Å². The van der Waals surface area contributed by atoms with E-state index in [2.05, 4.69) is 0 Å². The second-order valence-corrected chi connectivity index (χ2v) is 10.9. The van der Waals surface area contributed by atoms with Gasteiger partial charge in [0.05, 0.1) is 0 Å². The van der Waals surface area contributed by atoms with Gasteiger partial charge < -0.3 is 20.9 Å². The van der Waals surface area contributed by atoms with Crippen LogP contribution in [-0.2, 0) is 18.3 Å². The Hall–Kier alpha value is -4.34. The Balaban J connectivity index is 1.90. The van der Waals surface area contributed by atoms with E-state index in [0.717, 1.165) is 24.3 Å². The predicted molar refractivity (Wildman–Crippen MR) is 165 cm³/mol. The normalized spacial score (nSPS) is 12.3. The highest BCUT2D eigenvalue weighted by Crippen LogP contribution is 2.57. The molecular weight excluding hydrogens is 594 g/mol. The molecule has 0 saturated carbocycles. The lowest BCUT2D eigenvalue weighted by atomic mass is 9.71. The fraction of sp³-hybridized carbons (Fsp3) is 0.314. The number of benzene rings is 4. The Kier molecular flexibility index (Phi) is 10.3. The molecular formula is C35H36F6N2O2. The number of ether oxygens (including phenoxy) is 2. The van der Waals surface area contributed by atoms with E-state index in [1.165, 1.54) is 12.1 Å². The average Bonchev–Trinajstić information content (AvgIpc) is 2.98. The standard InChI is InChI=1S/C35H36F6N2O2/c1-3-5-7-23-21-25(9-19-31(23)44-29-15-11-27(42)12-16-29)33(34(36,37)38,35(39,40)41)26-10-20-32(24(22-26)8-6-4-2)45-30-17-13-28(43)14-18-30/h9-22H,3-8,42-43H2,1-2H3. The number of anilines is 2. The third-order valence-corrected chi connectivity index (χ3v) is 7.65. The molecule has 0 aliphatic heterocycles. The topological polar surface area (TPSA) is 70.5 Å². The summed E-state index contributed by atoms with van der Waals surface area (Å²) in [5.74, 6) is 1.05. The largest absolute Gasteiger partial charge is 0.457 e. The van der Waals surface area contributed by atoms with Crippen molar-refractivity contribution in [3.63, 3.8) is 0 Å². The molecule has 4 aromatic carbocycles. The van der Waals surface area contributed by atoms with Gasteiger partial charge in [-0.25, -0.2) is 0 Å². The lowest BCUT2D eigenvalue weighted by Crippen LogP contribution is -2.54. The molecule has 0 aromatic heterocycles. The first-order chi connectivity index (χ1) is 21.3. The first kappa shape index (κ1) is 33.6. The second-order valence-electron chi connectivity index (χ2n) is 10.9. The maximum absolute atomic E-state index is 15.2. The summed E-state index contributed by atoms with van der Waals surface area (Å²) in [5.41, 5.74) is 6.69. The average molecular weight is 631 g/mol. The summed E-state index contributed by atoms with van der Waals surface area (Å²) in [6.45, 7) is 3.76. The Labute approximate surface area is 259 Å². The van der Waals surface area contributed by atoms with E-state index in [-0.39, 0.29) is 35.5 Å². The number of hydrogen-bond donors (Lipinski definition) is 2. The Bertz CT molecular complexity index is 1450. The monoisotopic (exact) mass is 630 g/mol. The van der Waals surface area contributed by atoms with Gasteiger partial charge >= 0.3 is 12.4 Å². The van der Waals surface area contributed by atoms with E-state index in [1.54, 1.807) is 48.5 Å². The quantitative estimate of drug-likeness (QED) is 0.121. The summed E-state index contributed by atoms with van der Waals surface area (Å²) < 4.78 is 103. The molecule has 4 nitrogen and oxygen atoms in total. The summed E-state index contributed by atoms with van der Waals surface area (Å²) in [7, 11) is 0. The Morgan fingerprint density at radius 3 is 1.20 bits per heavy atom.